The molecule has 0 atom stereocenters. The summed E-state index contributed by atoms with van der Waals surface area (Å²) in [5, 5.41) is 2.31. The minimum atomic E-state index is -4.46. The van der Waals surface area contributed by atoms with Crippen molar-refractivity contribution < 1.29 is 27.5 Å². The Kier molecular flexibility index (Phi) is 5.80. The largest absolute Gasteiger partial charge is 0.460 e. The predicted molar refractivity (Wildman–Crippen MR) is 84.8 cm³/mol. The number of hydrogen-bond acceptors (Lipinski definition) is 3. The number of nitrogens with one attached hydrogen (secondary N) is 1. The van der Waals surface area contributed by atoms with E-state index in [0.29, 0.717) is 0 Å². The fraction of sp³-hybridized carbons (Fsp3) is 0.222. The van der Waals surface area contributed by atoms with Crippen molar-refractivity contribution in [1.82, 2.24) is 5.32 Å². The zero-order valence-electron chi connectivity index (χ0n) is 13.4. The molecule has 7 heteroatoms. The molecule has 0 bridgehead atoms. The van der Waals surface area contributed by atoms with E-state index in [1.165, 1.54) is 0 Å². The molecule has 2 rings (SSSR count). The molecule has 2 aromatic carbocycles. The van der Waals surface area contributed by atoms with Gasteiger partial charge in [0.25, 0.3) is 5.91 Å². The summed E-state index contributed by atoms with van der Waals surface area (Å²) in [6, 6.07) is 11.1. The summed E-state index contributed by atoms with van der Waals surface area (Å²) in [6.45, 7) is 1.65. The molecule has 1 amide bonds. The molecule has 1 N–H and O–H groups in total. The molecule has 0 aliphatic rings. The first-order valence-corrected chi connectivity index (χ1v) is 7.42. The van der Waals surface area contributed by atoms with Crippen molar-refractivity contribution in [3.05, 3.63) is 70.8 Å². The molecule has 0 radical (unpaired) electrons. The van der Waals surface area contributed by atoms with Crippen LogP contribution >= 0.6 is 0 Å². The van der Waals surface area contributed by atoms with Gasteiger partial charge in [-0.25, -0.2) is 0 Å². The number of amides is 1. The molecule has 0 fully saturated rings. The van der Waals surface area contributed by atoms with Crippen molar-refractivity contribution in [3.63, 3.8) is 0 Å². The first-order chi connectivity index (χ1) is 11.8. The van der Waals surface area contributed by atoms with E-state index in [0.717, 1.165) is 35.4 Å². The summed E-state index contributed by atoms with van der Waals surface area (Å²) in [5.41, 5.74) is 1.08. The Bertz CT molecular complexity index is 738. The van der Waals surface area contributed by atoms with Crippen LogP contribution in [0.3, 0.4) is 0 Å². The quantitative estimate of drug-likeness (QED) is 0.839. The van der Waals surface area contributed by atoms with Crippen LogP contribution in [0.25, 0.3) is 0 Å². The highest BCUT2D eigenvalue weighted by atomic mass is 19.4. The highest BCUT2D eigenvalue weighted by Crippen LogP contribution is 2.29. The summed E-state index contributed by atoms with van der Waals surface area (Å²) in [6.07, 6.45) is -4.46. The van der Waals surface area contributed by atoms with Crippen LogP contribution in [0.4, 0.5) is 13.2 Å². The molecular weight excluding hydrogens is 335 g/mol. The van der Waals surface area contributed by atoms with Gasteiger partial charge in [0.05, 0.1) is 5.56 Å². The smallest absolute Gasteiger partial charge is 0.416 e. The number of ether oxygens (including phenoxy) is 1. The van der Waals surface area contributed by atoms with Crippen LogP contribution in [0.1, 0.15) is 27.0 Å². The van der Waals surface area contributed by atoms with E-state index in [1.54, 1.807) is 0 Å². The summed E-state index contributed by atoms with van der Waals surface area (Å²) >= 11 is 0. The van der Waals surface area contributed by atoms with Gasteiger partial charge in [-0.2, -0.15) is 13.2 Å². The second kappa shape index (κ2) is 7.83. The predicted octanol–water partition coefficient (Wildman–Crippen LogP) is 3.49. The zero-order chi connectivity index (χ0) is 18.4. The maximum Gasteiger partial charge on any atom is 0.416 e. The fourth-order valence-corrected chi connectivity index (χ4v) is 1.96. The van der Waals surface area contributed by atoms with E-state index in [1.807, 2.05) is 31.2 Å². The lowest BCUT2D eigenvalue weighted by Crippen LogP contribution is -2.30. The Balaban J connectivity index is 1.80. The van der Waals surface area contributed by atoms with Gasteiger partial charge in [-0.3, -0.25) is 9.59 Å². The van der Waals surface area contributed by atoms with Crippen molar-refractivity contribution in [2.24, 2.45) is 0 Å². The Hall–Kier alpha value is -2.83. The molecular formula is C18H16F3NO3. The Morgan fingerprint density at radius 3 is 2.16 bits per heavy atom. The van der Waals surface area contributed by atoms with E-state index in [-0.39, 0.29) is 18.7 Å². The van der Waals surface area contributed by atoms with Crippen molar-refractivity contribution >= 4 is 11.9 Å². The number of alkyl halides is 3. The van der Waals surface area contributed by atoms with Gasteiger partial charge in [0.1, 0.15) is 13.2 Å². The molecule has 0 saturated heterocycles. The third kappa shape index (κ3) is 5.63. The molecule has 2 aromatic rings. The lowest BCUT2D eigenvalue weighted by atomic mass is 10.1. The van der Waals surface area contributed by atoms with Crippen LogP contribution in [0, 0.1) is 6.92 Å². The number of hydrogen-bond donors (Lipinski definition) is 1. The monoisotopic (exact) mass is 351 g/mol. The van der Waals surface area contributed by atoms with Crippen LogP contribution in [0.15, 0.2) is 48.5 Å². The van der Waals surface area contributed by atoms with Gasteiger partial charge in [0.15, 0.2) is 0 Å². The van der Waals surface area contributed by atoms with Gasteiger partial charge in [-0.05, 0) is 36.8 Å². The molecule has 25 heavy (non-hydrogen) atoms. The highest BCUT2D eigenvalue weighted by molar-refractivity contribution is 5.95. The first kappa shape index (κ1) is 18.5. The van der Waals surface area contributed by atoms with Crippen LogP contribution in [0.2, 0.25) is 0 Å². The molecule has 0 heterocycles. The summed E-state index contributed by atoms with van der Waals surface area (Å²) in [4.78, 5) is 23.4. The lowest BCUT2D eigenvalue weighted by molar-refractivity contribution is -0.143. The van der Waals surface area contributed by atoms with Crippen LogP contribution in [0.5, 0.6) is 0 Å². The van der Waals surface area contributed by atoms with Crippen molar-refractivity contribution in [2.75, 3.05) is 6.54 Å². The van der Waals surface area contributed by atoms with Gasteiger partial charge in [-0.15, -0.1) is 0 Å². The van der Waals surface area contributed by atoms with E-state index in [9.17, 15) is 22.8 Å². The third-order valence-electron chi connectivity index (χ3n) is 3.39. The van der Waals surface area contributed by atoms with Crippen molar-refractivity contribution in [2.45, 2.75) is 19.7 Å². The molecule has 0 aliphatic carbocycles. The Labute approximate surface area is 142 Å². The van der Waals surface area contributed by atoms with Gasteiger partial charge >= 0.3 is 12.1 Å². The molecule has 0 aromatic heterocycles. The Morgan fingerprint density at radius 2 is 1.60 bits per heavy atom. The third-order valence-corrected chi connectivity index (χ3v) is 3.39. The van der Waals surface area contributed by atoms with Gasteiger partial charge in [0, 0.05) is 5.56 Å². The van der Waals surface area contributed by atoms with Crippen molar-refractivity contribution in [1.29, 1.82) is 0 Å². The average molecular weight is 351 g/mol. The second-order valence-electron chi connectivity index (χ2n) is 5.40. The normalized spacial score (nSPS) is 11.0. The number of carbonyl (C=O) groups excluding carboxylic acids is 2. The minimum Gasteiger partial charge on any atom is -0.460 e. The van der Waals surface area contributed by atoms with Crippen molar-refractivity contribution in [3.8, 4) is 0 Å². The number of halogens is 3. The van der Waals surface area contributed by atoms with E-state index < -0.39 is 23.6 Å². The fourth-order valence-electron chi connectivity index (χ4n) is 1.96. The maximum absolute atomic E-state index is 12.5. The molecule has 0 spiro atoms. The van der Waals surface area contributed by atoms with E-state index in [2.05, 4.69) is 5.32 Å². The highest BCUT2D eigenvalue weighted by Gasteiger charge is 2.30. The van der Waals surface area contributed by atoms with Gasteiger partial charge in [0.2, 0.25) is 0 Å². The molecule has 132 valence electrons. The summed E-state index contributed by atoms with van der Waals surface area (Å²) in [7, 11) is 0. The second-order valence-corrected chi connectivity index (χ2v) is 5.40. The minimum absolute atomic E-state index is 0.0272. The number of aryl methyl sites for hydroxylation is 1. The standard InChI is InChI=1S/C18H16F3NO3/c1-12-2-4-13(5-3-12)11-25-16(23)10-22-17(24)14-6-8-15(9-7-14)18(19,20)21/h2-9H,10-11H2,1H3,(H,22,24). The van der Waals surface area contributed by atoms with E-state index in [4.69, 9.17) is 4.74 Å². The number of carbonyl (C=O) groups is 2. The van der Waals surface area contributed by atoms with Gasteiger partial charge in [-0.1, -0.05) is 29.8 Å². The average Bonchev–Trinajstić information content (AvgIpc) is 2.58. The molecule has 0 saturated carbocycles. The topological polar surface area (TPSA) is 55.4 Å². The number of rotatable bonds is 5. The van der Waals surface area contributed by atoms with Gasteiger partial charge < -0.3 is 10.1 Å². The number of esters is 1. The zero-order valence-corrected chi connectivity index (χ0v) is 13.4. The first-order valence-electron chi connectivity index (χ1n) is 7.42. The lowest BCUT2D eigenvalue weighted by Gasteiger charge is -2.09. The van der Waals surface area contributed by atoms with Crippen LogP contribution < -0.4 is 5.32 Å². The molecule has 0 unspecified atom stereocenters. The SMILES string of the molecule is Cc1ccc(COC(=O)CNC(=O)c2ccc(C(F)(F)F)cc2)cc1. The maximum atomic E-state index is 12.5. The Morgan fingerprint density at radius 1 is 1.00 bits per heavy atom. The molecule has 4 nitrogen and oxygen atoms in total. The summed E-state index contributed by atoms with van der Waals surface area (Å²) in [5.74, 6) is -1.29. The molecule has 0 aliphatic heterocycles. The van der Waals surface area contributed by atoms with Crippen LogP contribution in [-0.4, -0.2) is 18.4 Å². The number of benzene rings is 2. The van der Waals surface area contributed by atoms with E-state index >= 15 is 0 Å². The summed E-state index contributed by atoms with van der Waals surface area (Å²) < 4.78 is 42.4. The van der Waals surface area contributed by atoms with Crippen LogP contribution in [-0.2, 0) is 22.3 Å².